The van der Waals surface area contributed by atoms with E-state index in [-0.39, 0.29) is 17.9 Å². The molecule has 3 N–H and O–H groups in total. The molecule has 0 unspecified atom stereocenters. The number of anilines is 2. The lowest BCUT2D eigenvalue weighted by atomic mass is 10.0. The molecule has 9 heteroatoms. The average molecular weight is 476 g/mol. The van der Waals surface area contributed by atoms with Crippen molar-refractivity contribution in [3.8, 4) is 17.3 Å². The molecule has 0 aliphatic heterocycles. The van der Waals surface area contributed by atoms with Crippen LogP contribution in [0.25, 0.3) is 16.9 Å². The summed E-state index contributed by atoms with van der Waals surface area (Å²) in [7, 11) is 0. The third kappa shape index (κ3) is 5.34. The molecule has 8 nitrogen and oxygen atoms in total. The zero-order valence-electron chi connectivity index (χ0n) is 19.8. The molecule has 0 spiro atoms. The second kappa shape index (κ2) is 10.2. The summed E-state index contributed by atoms with van der Waals surface area (Å²) in [6.45, 7) is 2.54. The summed E-state index contributed by atoms with van der Waals surface area (Å²) in [5.74, 6) is 1.44. The van der Waals surface area contributed by atoms with Crippen LogP contribution >= 0.6 is 0 Å². The van der Waals surface area contributed by atoms with Crippen LogP contribution in [-0.4, -0.2) is 31.2 Å². The standard InChI is InChI=1S/C26H30FN7O/c1-17(19-9-11-20(27)12-10-19)30-22-16-21(23-24(28)33-34-14-5-13-29-25(23)34)31-26(32-22)35-15-4-8-18-6-2-3-7-18/h5,9-14,16-18H,2-4,6-8,15H2,1H3,(H2,28,33)(H,30,31,32)/t17-/m0/s1. The predicted octanol–water partition coefficient (Wildman–Crippen LogP) is 5.43. The third-order valence-corrected chi connectivity index (χ3v) is 6.58. The number of benzene rings is 1. The van der Waals surface area contributed by atoms with Gasteiger partial charge in [-0.15, -0.1) is 5.10 Å². The van der Waals surface area contributed by atoms with Crippen LogP contribution in [-0.2, 0) is 0 Å². The zero-order chi connectivity index (χ0) is 24.2. The number of fused-ring (bicyclic) bond motifs is 1. The highest BCUT2D eigenvalue weighted by Crippen LogP contribution is 2.32. The van der Waals surface area contributed by atoms with E-state index in [1.165, 1.54) is 37.8 Å². The lowest BCUT2D eigenvalue weighted by Gasteiger charge is -2.16. The second-order valence-electron chi connectivity index (χ2n) is 9.13. The summed E-state index contributed by atoms with van der Waals surface area (Å²) in [4.78, 5) is 13.7. The van der Waals surface area contributed by atoms with Gasteiger partial charge in [-0.3, -0.25) is 0 Å². The molecule has 3 aromatic heterocycles. The van der Waals surface area contributed by atoms with Crippen molar-refractivity contribution >= 4 is 17.3 Å². The number of hydrogen-bond acceptors (Lipinski definition) is 7. The predicted molar refractivity (Wildman–Crippen MR) is 134 cm³/mol. The Hall–Kier alpha value is -3.75. The average Bonchev–Trinajstić information content (AvgIpc) is 3.49. The maximum absolute atomic E-state index is 13.4. The Morgan fingerprint density at radius 2 is 2.00 bits per heavy atom. The van der Waals surface area contributed by atoms with Crippen LogP contribution in [0.3, 0.4) is 0 Å². The lowest BCUT2D eigenvalue weighted by molar-refractivity contribution is 0.272. The van der Waals surface area contributed by atoms with Crippen molar-refractivity contribution in [2.24, 2.45) is 5.92 Å². The maximum Gasteiger partial charge on any atom is 0.318 e. The summed E-state index contributed by atoms with van der Waals surface area (Å²) in [5, 5.41) is 7.74. The van der Waals surface area contributed by atoms with Crippen molar-refractivity contribution in [2.45, 2.75) is 51.5 Å². The van der Waals surface area contributed by atoms with Crippen LogP contribution in [0.5, 0.6) is 6.01 Å². The van der Waals surface area contributed by atoms with Gasteiger partial charge in [0.25, 0.3) is 0 Å². The van der Waals surface area contributed by atoms with Crippen LogP contribution in [0.1, 0.15) is 57.1 Å². The zero-order valence-corrected chi connectivity index (χ0v) is 19.8. The summed E-state index contributed by atoms with van der Waals surface area (Å²) in [6.07, 6.45) is 10.9. The summed E-state index contributed by atoms with van der Waals surface area (Å²) < 4.78 is 21.0. The van der Waals surface area contributed by atoms with E-state index in [2.05, 4.69) is 25.4 Å². The molecule has 182 valence electrons. The number of ether oxygens (including phenoxy) is 1. The molecule has 0 saturated heterocycles. The van der Waals surface area contributed by atoms with Crippen LogP contribution in [0.15, 0.2) is 48.8 Å². The van der Waals surface area contributed by atoms with Gasteiger partial charge >= 0.3 is 6.01 Å². The van der Waals surface area contributed by atoms with Gasteiger partial charge in [-0.2, -0.15) is 9.97 Å². The van der Waals surface area contributed by atoms with E-state index >= 15 is 0 Å². The van der Waals surface area contributed by atoms with Crippen LogP contribution in [0, 0.1) is 11.7 Å². The molecule has 4 aromatic rings. The number of nitrogens with zero attached hydrogens (tertiary/aromatic N) is 5. The lowest BCUT2D eigenvalue weighted by Crippen LogP contribution is -2.10. The van der Waals surface area contributed by atoms with Crippen LogP contribution in [0.4, 0.5) is 16.0 Å². The van der Waals surface area contributed by atoms with Gasteiger partial charge in [0, 0.05) is 24.5 Å². The Bertz CT molecular complexity index is 1280. The Kier molecular flexibility index (Phi) is 6.74. The van der Waals surface area contributed by atoms with Crippen LogP contribution < -0.4 is 15.8 Å². The minimum Gasteiger partial charge on any atom is -0.463 e. The topological polar surface area (TPSA) is 103 Å². The Morgan fingerprint density at radius 1 is 1.20 bits per heavy atom. The van der Waals surface area contributed by atoms with Gasteiger partial charge in [-0.25, -0.2) is 13.9 Å². The highest BCUT2D eigenvalue weighted by Gasteiger charge is 2.19. The van der Waals surface area contributed by atoms with E-state index in [9.17, 15) is 4.39 Å². The van der Waals surface area contributed by atoms with Gasteiger partial charge < -0.3 is 15.8 Å². The number of aromatic nitrogens is 5. The molecular weight excluding hydrogens is 445 g/mol. The molecule has 1 saturated carbocycles. The highest BCUT2D eigenvalue weighted by molar-refractivity contribution is 5.85. The summed E-state index contributed by atoms with van der Waals surface area (Å²) in [5.41, 5.74) is 8.99. The fourth-order valence-corrected chi connectivity index (χ4v) is 4.73. The van der Waals surface area contributed by atoms with E-state index in [0.717, 1.165) is 24.3 Å². The monoisotopic (exact) mass is 475 g/mol. The Balaban J connectivity index is 1.41. The number of nitrogen functional groups attached to an aromatic ring is 1. The van der Waals surface area contributed by atoms with Gasteiger partial charge in [0.1, 0.15) is 11.6 Å². The number of hydrogen-bond donors (Lipinski definition) is 2. The summed E-state index contributed by atoms with van der Waals surface area (Å²) in [6, 6.07) is 10.2. The number of rotatable bonds is 9. The molecule has 0 amide bonds. The molecule has 5 rings (SSSR count). The first kappa shape index (κ1) is 23.0. The van der Waals surface area contributed by atoms with Crippen molar-refractivity contribution in [1.29, 1.82) is 0 Å². The quantitative estimate of drug-likeness (QED) is 0.311. The molecule has 3 heterocycles. The van der Waals surface area contributed by atoms with E-state index < -0.39 is 0 Å². The van der Waals surface area contributed by atoms with Crippen molar-refractivity contribution in [2.75, 3.05) is 17.7 Å². The Labute approximate surface area is 203 Å². The first-order chi connectivity index (χ1) is 17.1. The molecule has 1 atom stereocenters. The molecular formula is C26H30FN7O. The molecule has 1 fully saturated rings. The Morgan fingerprint density at radius 3 is 2.80 bits per heavy atom. The molecule has 1 aliphatic carbocycles. The molecule has 35 heavy (non-hydrogen) atoms. The van der Waals surface area contributed by atoms with Crippen molar-refractivity contribution in [3.63, 3.8) is 0 Å². The first-order valence-electron chi connectivity index (χ1n) is 12.2. The fraction of sp³-hybridized carbons (Fsp3) is 0.385. The maximum atomic E-state index is 13.4. The fourth-order valence-electron chi connectivity index (χ4n) is 4.73. The minimum absolute atomic E-state index is 0.118. The number of nitrogens with two attached hydrogens (primary N) is 1. The molecule has 0 radical (unpaired) electrons. The second-order valence-corrected chi connectivity index (χ2v) is 9.13. The van der Waals surface area contributed by atoms with Gasteiger partial charge in [0.15, 0.2) is 11.5 Å². The van der Waals surface area contributed by atoms with Crippen molar-refractivity contribution in [3.05, 3.63) is 60.2 Å². The van der Waals surface area contributed by atoms with E-state index in [1.807, 2.05) is 13.0 Å². The van der Waals surface area contributed by atoms with Gasteiger partial charge in [0.05, 0.1) is 17.9 Å². The van der Waals surface area contributed by atoms with Crippen molar-refractivity contribution < 1.29 is 9.13 Å². The highest BCUT2D eigenvalue weighted by atomic mass is 19.1. The van der Waals surface area contributed by atoms with Gasteiger partial charge in [-0.05, 0) is 49.4 Å². The minimum atomic E-state index is -0.269. The molecule has 0 bridgehead atoms. The molecule has 1 aliphatic rings. The van der Waals surface area contributed by atoms with Crippen LogP contribution in [0.2, 0.25) is 0 Å². The summed E-state index contributed by atoms with van der Waals surface area (Å²) >= 11 is 0. The first-order valence-corrected chi connectivity index (χ1v) is 12.2. The third-order valence-electron chi connectivity index (χ3n) is 6.58. The SMILES string of the molecule is C[C@H](Nc1cc(-c2c(N)nn3cccnc23)nc(OCCCC2CCCC2)n1)c1ccc(F)cc1. The van der Waals surface area contributed by atoms with Gasteiger partial charge in [-0.1, -0.05) is 37.8 Å². The smallest absolute Gasteiger partial charge is 0.318 e. The normalized spacial score (nSPS) is 14.9. The van der Waals surface area contributed by atoms with E-state index in [0.29, 0.717) is 35.1 Å². The van der Waals surface area contributed by atoms with Crippen molar-refractivity contribution in [1.82, 2.24) is 24.6 Å². The largest absolute Gasteiger partial charge is 0.463 e. The number of halogens is 1. The number of nitrogens with one attached hydrogen (secondary N) is 1. The van der Waals surface area contributed by atoms with E-state index in [1.54, 1.807) is 35.1 Å². The van der Waals surface area contributed by atoms with Gasteiger partial charge in [0.2, 0.25) is 0 Å². The van der Waals surface area contributed by atoms with E-state index in [4.69, 9.17) is 10.5 Å². The molecule has 1 aromatic carbocycles.